The van der Waals surface area contributed by atoms with E-state index < -0.39 is 6.09 Å². The Morgan fingerprint density at radius 2 is 2.12 bits per heavy atom. The van der Waals surface area contributed by atoms with E-state index in [9.17, 15) is 9.90 Å². The quantitative estimate of drug-likeness (QED) is 0.889. The second-order valence-electron chi connectivity index (χ2n) is 7.67. The first kappa shape index (κ1) is 19.2. The van der Waals surface area contributed by atoms with Crippen LogP contribution in [0.1, 0.15) is 51.3 Å². The van der Waals surface area contributed by atoms with E-state index in [-0.39, 0.29) is 11.6 Å². The van der Waals surface area contributed by atoms with Crippen molar-refractivity contribution in [3.8, 4) is 0 Å². The van der Waals surface area contributed by atoms with E-state index in [0.717, 1.165) is 57.4 Å². The minimum Gasteiger partial charge on any atom is -0.465 e. The van der Waals surface area contributed by atoms with Crippen molar-refractivity contribution in [3.05, 3.63) is 18.2 Å². The lowest BCUT2D eigenvalue weighted by Gasteiger charge is -2.43. The van der Waals surface area contributed by atoms with Gasteiger partial charge in [0.2, 0.25) is 0 Å². The molecular weight excluding hydrogens is 332 g/mol. The summed E-state index contributed by atoms with van der Waals surface area (Å²) in [4.78, 5) is 20.3. The summed E-state index contributed by atoms with van der Waals surface area (Å²) in [6.45, 7) is 4.69. The maximum atomic E-state index is 11.5. The van der Waals surface area contributed by atoms with E-state index in [0.29, 0.717) is 12.6 Å². The van der Waals surface area contributed by atoms with Gasteiger partial charge in [-0.1, -0.05) is 6.92 Å². The Hall–Kier alpha value is -1.60. The predicted molar refractivity (Wildman–Crippen MR) is 99.2 cm³/mol. The molecule has 146 valence electrons. The largest absolute Gasteiger partial charge is 0.465 e. The highest BCUT2D eigenvalue weighted by molar-refractivity contribution is 5.65. The Morgan fingerprint density at radius 3 is 2.65 bits per heavy atom. The van der Waals surface area contributed by atoms with Crippen LogP contribution >= 0.6 is 0 Å². The lowest BCUT2D eigenvalue weighted by molar-refractivity contribution is -0.0780. The van der Waals surface area contributed by atoms with Gasteiger partial charge in [-0.25, -0.2) is 9.78 Å². The van der Waals surface area contributed by atoms with Crippen LogP contribution in [0.2, 0.25) is 0 Å². The van der Waals surface area contributed by atoms with Gasteiger partial charge in [-0.05, 0) is 38.5 Å². The van der Waals surface area contributed by atoms with Gasteiger partial charge in [0.15, 0.2) is 0 Å². The summed E-state index contributed by atoms with van der Waals surface area (Å²) in [6.07, 6.45) is 8.71. The smallest absolute Gasteiger partial charge is 0.407 e. The zero-order chi connectivity index (χ0) is 18.7. The zero-order valence-electron chi connectivity index (χ0n) is 16.2. The van der Waals surface area contributed by atoms with Crippen molar-refractivity contribution >= 4 is 6.09 Å². The van der Waals surface area contributed by atoms with Crippen LogP contribution in [-0.2, 0) is 17.4 Å². The predicted octanol–water partition coefficient (Wildman–Crippen LogP) is 2.67. The average Bonchev–Trinajstić information content (AvgIpc) is 2.96. The van der Waals surface area contributed by atoms with Gasteiger partial charge >= 0.3 is 6.09 Å². The van der Waals surface area contributed by atoms with Gasteiger partial charge in [0.25, 0.3) is 0 Å². The summed E-state index contributed by atoms with van der Waals surface area (Å²) < 4.78 is 8.02. The molecular formula is C19H32N4O3. The van der Waals surface area contributed by atoms with Gasteiger partial charge in [-0.15, -0.1) is 0 Å². The molecule has 0 spiro atoms. The van der Waals surface area contributed by atoms with Crippen molar-refractivity contribution in [3.63, 3.8) is 0 Å². The van der Waals surface area contributed by atoms with Crippen LogP contribution in [0.25, 0.3) is 0 Å². The van der Waals surface area contributed by atoms with Gasteiger partial charge in [0.05, 0.1) is 0 Å². The van der Waals surface area contributed by atoms with Crippen molar-refractivity contribution in [2.75, 3.05) is 26.7 Å². The Bertz CT molecular complexity index is 610. The van der Waals surface area contributed by atoms with E-state index in [1.54, 1.807) is 12.0 Å². The highest BCUT2D eigenvalue weighted by atomic mass is 16.5. The number of aryl methyl sites for hydroxylation is 1. The highest BCUT2D eigenvalue weighted by Gasteiger charge is 2.41. The maximum Gasteiger partial charge on any atom is 0.407 e. The monoisotopic (exact) mass is 364 g/mol. The molecule has 1 aromatic rings. The molecule has 2 aliphatic rings. The van der Waals surface area contributed by atoms with Crippen molar-refractivity contribution in [2.24, 2.45) is 7.05 Å². The normalized spacial score (nSPS) is 27.3. The molecule has 2 saturated heterocycles. The zero-order valence-corrected chi connectivity index (χ0v) is 16.2. The molecule has 7 heteroatoms. The first-order chi connectivity index (χ1) is 12.5. The summed E-state index contributed by atoms with van der Waals surface area (Å²) >= 11 is 0. The molecule has 3 heterocycles. The third-order valence-electron chi connectivity index (χ3n) is 6.38. The first-order valence-electron chi connectivity index (χ1n) is 9.77. The Kier molecular flexibility index (Phi) is 5.87. The van der Waals surface area contributed by atoms with Gasteiger partial charge in [-0.3, -0.25) is 0 Å². The second-order valence-corrected chi connectivity index (χ2v) is 7.67. The number of carbonyl (C=O) groups is 1. The van der Waals surface area contributed by atoms with Crippen molar-refractivity contribution in [1.29, 1.82) is 0 Å². The molecule has 3 rings (SSSR count). The van der Waals surface area contributed by atoms with Gasteiger partial charge < -0.3 is 24.2 Å². The third-order valence-corrected chi connectivity index (χ3v) is 6.38. The van der Waals surface area contributed by atoms with Crippen LogP contribution < -0.4 is 0 Å². The van der Waals surface area contributed by atoms with E-state index >= 15 is 0 Å². The SMILES string of the molecule is CCC1CC(N2CCC(OC)(c3nccn3C)CC2)CCCN1C(=O)O. The lowest BCUT2D eigenvalue weighted by Crippen LogP contribution is -2.49. The number of ether oxygens (including phenoxy) is 1. The van der Waals surface area contributed by atoms with E-state index in [1.807, 2.05) is 19.4 Å². The van der Waals surface area contributed by atoms with Crippen LogP contribution in [0.3, 0.4) is 0 Å². The van der Waals surface area contributed by atoms with Crippen molar-refractivity contribution < 1.29 is 14.6 Å². The Morgan fingerprint density at radius 1 is 1.38 bits per heavy atom. The molecule has 2 aliphatic heterocycles. The molecule has 2 unspecified atom stereocenters. The fourth-order valence-electron chi connectivity index (χ4n) is 4.78. The topological polar surface area (TPSA) is 70.8 Å². The number of piperidine rings is 1. The van der Waals surface area contributed by atoms with Crippen LogP contribution in [0.5, 0.6) is 0 Å². The molecule has 0 radical (unpaired) electrons. The highest BCUT2D eigenvalue weighted by Crippen LogP contribution is 2.37. The lowest BCUT2D eigenvalue weighted by atomic mass is 9.88. The summed E-state index contributed by atoms with van der Waals surface area (Å²) in [5.74, 6) is 1.00. The molecule has 0 bridgehead atoms. The number of carboxylic acid groups (broad SMARTS) is 1. The molecule has 0 aliphatic carbocycles. The fourth-order valence-corrected chi connectivity index (χ4v) is 4.78. The number of aromatic nitrogens is 2. The third kappa shape index (κ3) is 3.60. The Labute approximate surface area is 155 Å². The number of imidazole rings is 1. The molecule has 1 N–H and O–H groups in total. The van der Waals surface area contributed by atoms with E-state index in [1.165, 1.54) is 0 Å². The average molecular weight is 364 g/mol. The number of amides is 1. The number of nitrogens with zero attached hydrogens (tertiary/aromatic N) is 4. The minimum atomic E-state index is -0.774. The number of hydrogen-bond acceptors (Lipinski definition) is 4. The summed E-state index contributed by atoms with van der Waals surface area (Å²) in [6, 6.07) is 0.587. The van der Waals surface area contributed by atoms with Gasteiger partial charge in [0, 0.05) is 58.3 Å². The van der Waals surface area contributed by atoms with Gasteiger partial charge in [0.1, 0.15) is 11.4 Å². The van der Waals surface area contributed by atoms with E-state index in [4.69, 9.17) is 4.74 Å². The first-order valence-corrected chi connectivity index (χ1v) is 9.77. The van der Waals surface area contributed by atoms with Gasteiger partial charge in [-0.2, -0.15) is 0 Å². The fraction of sp³-hybridized carbons (Fsp3) is 0.789. The maximum absolute atomic E-state index is 11.5. The molecule has 0 saturated carbocycles. The van der Waals surface area contributed by atoms with Crippen LogP contribution in [-0.4, -0.2) is 69.4 Å². The van der Waals surface area contributed by atoms with E-state index in [2.05, 4.69) is 21.4 Å². The molecule has 7 nitrogen and oxygen atoms in total. The number of likely N-dealkylation sites (tertiary alicyclic amines) is 2. The summed E-state index contributed by atoms with van der Waals surface area (Å²) in [5.41, 5.74) is -0.309. The number of methoxy groups -OCH3 is 1. The van der Waals surface area contributed by atoms with Crippen molar-refractivity contribution in [2.45, 2.75) is 63.1 Å². The standard InChI is InChI=1S/C19H32N4O3/c1-4-15-14-16(6-5-10-23(15)18(24)25)22-11-7-19(26-3,8-12-22)17-20-9-13-21(17)2/h9,13,15-16H,4-8,10-12,14H2,1-3H3,(H,24,25). The Balaban J connectivity index is 1.67. The van der Waals surface area contributed by atoms with Crippen LogP contribution in [0, 0.1) is 0 Å². The summed E-state index contributed by atoms with van der Waals surface area (Å²) in [7, 11) is 3.81. The molecule has 1 aromatic heterocycles. The van der Waals surface area contributed by atoms with Crippen LogP contribution in [0.15, 0.2) is 12.4 Å². The molecule has 2 fully saturated rings. The molecule has 26 heavy (non-hydrogen) atoms. The van der Waals surface area contributed by atoms with Crippen LogP contribution in [0.4, 0.5) is 4.79 Å². The number of rotatable bonds is 4. The second kappa shape index (κ2) is 7.96. The molecule has 2 atom stereocenters. The molecule has 0 aromatic carbocycles. The van der Waals surface area contributed by atoms with Crippen molar-refractivity contribution in [1.82, 2.24) is 19.4 Å². The molecule has 1 amide bonds. The summed E-state index contributed by atoms with van der Waals surface area (Å²) in [5, 5.41) is 9.48. The minimum absolute atomic E-state index is 0.128. The number of hydrogen-bond donors (Lipinski definition) is 1.